The summed E-state index contributed by atoms with van der Waals surface area (Å²) in [6, 6.07) is 0. The first-order valence-electron chi connectivity index (χ1n) is 10.4. The largest absolute Gasteiger partial charge is 0.481 e. The molecule has 1 amide bonds. The molecule has 1 fully saturated rings. The molecule has 2 aliphatic rings. The molecular formula is C21H29NO5S. The van der Waals surface area contributed by atoms with Crippen molar-refractivity contribution in [3.8, 4) is 0 Å². The van der Waals surface area contributed by atoms with E-state index in [4.69, 9.17) is 4.74 Å². The van der Waals surface area contributed by atoms with Crippen LogP contribution in [0.1, 0.15) is 79.1 Å². The highest BCUT2D eigenvalue weighted by Crippen LogP contribution is 2.39. The van der Waals surface area contributed by atoms with Crippen LogP contribution in [0, 0.1) is 11.8 Å². The van der Waals surface area contributed by atoms with E-state index in [0.717, 1.165) is 55.4 Å². The number of carbonyl (C=O) groups excluding carboxylic acids is 2. The van der Waals surface area contributed by atoms with E-state index in [9.17, 15) is 19.5 Å². The van der Waals surface area contributed by atoms with Gasteiger partial charge in [-0.3, -0.25) is 9.59 Å². The smallest absolute Gasteiger partial charge is 0.341 e. The summed E-state index contributed by atoms with van der Waals surface area (Å²) in [6.07, 6.45) is 8.93. The number of hydrogen-bond donors (Lipinski definition) is 2. The number of esters is 1. The van der Waals surface area contributed by atoms with E-state index in [-0.39, 0.29) is 12.5 Å². The molecular weight excluding hydrogens is 378 g/mol. The van der Waals surface area contributed by atoms with Gasteiger partial charge in [-0.05, 0) is 51.0 Å². The Morgan fingerprint density at radius 1 is 1.04 bits per heavy atom. The monoisotopic (exact) mass is 407 g/mol. The van der Waals surface area contributed by atoms with Crippen LogP contribution in [0.5, 0.6) is 0 Å². The van der Waals surface area contributed by atoms with Gasteiger partial charge in [-0.1, -0.05) is 25.7 Å². The first-order chi connectivity index (χ1) is 13.5. The van der Waals surface area contributed by atoms with E-state index in [2.05, 4.69) is 5.32 Å². The fourth-order valence-corrected chi connectivity index (χ4v) is 5.65. The predicted octanol–water partition coefficient (Wildman–Crippen LogP) is 4.41. The van der Waals surface area contributed by atoms with Gasteiger partial charge < -0.3 is 15.2 Å². The van der Waals surface area contributed by atoms with E-state index >= 15 is 0 Å². The van der Waals surface area contributed by atoms with Crippen molar-refractivity contribution in [2.75, 3.05) is 11.9 Å². The minimum absolute atomic E-state index is 0.278. The number of ether oxygens (including phenoxy) is 1. The fraction of sp³-hybridized carbons (Fsp3) is 0.667. The molecule has 0 spiro atoms. The number of hydrogen-bond acceptors (Lipinski definition) is 5. The SMILES string of the molecule is CCOC(=O)c1c(NC(=O)[C@@H]2CCCC[C@H]2C(=O)O)sc2c1CCCCCC2. The summed E-state index contributed by atoms with van der Waals surface area (Å²) in [6.45, 7) is 2.05. The van der Waals surface area contributed by atoms with Crippen LogP contribution in [0.25, 0.3) is 0 Å². The third-order valence-corrected chi connectivity index (χ3v) is 7.01. The van der Waals surface area contributed by atoms with Crippen LogP contribution in [0.4, 0.5) is 5.00 Å². The van der Waals surface area contributed by atoms with Crippen LogP contribution in [0.3, 0.4) is 0 Å². The van der Waals surface area contributed by atoms with Gasteiger partial charge in [0, 0.05) is 4.88 Å². The van der Waals surface area contributed by atoms with Gasteiger partial charge in [-0.15, -0.1) is 11.3 Å². The fourth-order valence-electron chi connectivity index (χ4n) is 4.37. The van der Waals surface area contributed by atoms with Gasteiger partial charge in [0.25, 0.3) is 0 Å². The Morgan fingerprint density at radius 3 is 2.39 bits per heavy atom. The maximum Gasteiger partial charge on any atom is 0.341 e. The molecule has 2 atom stereocenters. The van der Waals surface area contributed by atoms with Crippen molar-refractivity contribution >= 4 is 34.2 Å². The summed E-state index contributed by atoms with van der Waals surface area (Å²) in [5, 5.41) is 12.9. The number of aliphatic carboxylic acids is 1. The maximum atomic E-state index is 12.9. The molecule has 0 aliphatic heterocycles. The number of anilines is 1. The van der Waals surface area contributed by atoms with Crippen molar-refractivity contribution in [2.45, 2.75) is 71.1 Å². The molecule has 1 aromatic heterocycles. The zero-order valence-electron chi connectivity index (χ0n) is 16.4. The Bertz CT molecular complexity index is 741. The maximum absolute atomic E-state index is 12.9. The van der Waals surface area contributed by atoms with Crippen LogP contribution in [-0.2, 0) is 27.2 Å². The van der Waals surface area contributed by atoms with E-state index < -0.39 is 23.8 Å². The summed E-state index contributed by atoms with van der Waals surface area (Å²) >= 11 is 1.46. The number of fused-ring (bicyclic) bond motifs is 1. The molecule has 7 heteroatoms. The van der Waals surface area contributed by atoms with Gasteiger partial charge in [0.2, 0.25) is 5.91 Å². The molecule has 0 radical (unpaired) electrons. The standard InChI is InChI=1S/C21H29NO5S/c1-2-27-21(26)17-15-11-5-3-4-6-12-16(15)28-19(17)22-18(23)13-9-7-8-10-14(13)20(24)25/h13-14H,2-12H2,1H3,(H,22,23)(H,24,25)/t13-,14-/m1/s1. The van der Waals surface area contributed by atoms with Crippen molar-refractivity contribution in [1.82, 2.24) is 0 Å². The molecule has 0 saturated heterocycles. The quantitative estimate of drug-likeness (QED) is 0.705. The lowest BCUT2D eigenvalue weighted by Crippen LogP contribution is -2.36. The molecule has 154 valence electrons. The van der Waals surface area contributed by atoms with Crippen LogP contribution in [0.15, 0.2) is 0 Å². The van der Waals surface area contributed by atoms with E-state index in [1.165, 1.54) is 17.8 Å². The molecule has 1 saturated carbocycles. The number of amides is 1. The summed E-state index contributed by atoms with van der Waals surface area (Å²) in [5.74, 6) is -2.79. The van der Waals surface area contributed by atoms with Crippen LogP contribution in [-0.4, -0.2) is 29.6 Å². The summed E-state index contributed by atoms with van der Waals surface area (Å²) in [7, 11) is 0. The van der Waals surface area contributed by atoms with Gasteiger partial charge in [0.1, 0.15) is 5.00 Å². The third-order valence-electron chi connectivity index (χ3n) is 5.81. The minimum atomic E-state index is -0.913. The lowest BCUT2D eigenvalue weighted by molar-refractivity contribution is -0.147. The van der Waals surface area contributed by atoms with Crippen LogP contribution < -0.4 is 5.32 Å². The highest BCUT2D eigenvalue weighted by Gasteiger charge is 2.37. The zero-order valence-corrected chi connectivity index (χ0v) is 17.2. The predicted molar refractivity (Wildman–Crippen MR) is 108 cm³/mol. The molecule has 0 aromatic carbocycles. The third kappa shape index (κ3) is 4.57. The van der Waals surface area contributed by atoms with Gasteiger partial charge in [0.05, 0.1) is 24.0 Å². The van der Waals surface area contributed by atoms with Gasteiger partial charge in [-0.25, -0.2) is 4.79 Å². The topological polar surface area (TPSA) is 92.7 Å². The molecule has 0 bridgehead atoms. The Morgan fingerprint density at radius 2 is 1.71 bits per heavy atom. The number of carboxylic acids is 1. The van der Waals surface area contributed by atoms with Crippen molar-refractivity contribution in [1.29, 1.82) is 0 Å². The van der Waals surface area contributed by atoms with E-state index in [1.807, 2.05) is 0 Å². The van der Waals surface area contributed by atoms with E-state index in [1.54, 1.807) is 6.92 Å². The first kappa shape index (κ1) is 20.8. The number of rotatable bonds is 5. The molecule has 0 unspecified atom stereocenters. The molecule has 2 aliphatic carbocycles. The molecule has 6 nitrogen and oxygen atoms in total. The number of carbonyl (C=O) groups is 3. The zero-order chi connectivity index (χ0) is 20.1. The molecule has 28 heavy (non-hydrogen) atoms. The van der Waals surface area contributed by atoms with E-state index in [0.29, 0.717) is 23.4 Å². The molecule has 1 aromatic rings. The van der Waals surface area contributed by atoms with Crippen molar-refractivity contribution in [2.24, 2.45) is 11.8 Å². The Labute approximate surface area is 169 Å². The first-order valence-corrected chi connectivity index (χ1v) is 11.2. The van der Waals surface area contributed by atoms with Crippen LogP contribution >= 0.6 is 11.3 Å². The molecule has 1 heterocycles. The summed E-state index contributed by atoms with van der Waals surface area (Å²) in [4.78, 5) is 38.3. The Balaban J connectivity index is 1.89. The Hall–Kier alpha value is -1.89. The van der Waals surface area contributed by atoms with Gasteiger partial charge >= 0.3 is 11.9 Å². The van der Waals surface area contributed by atoms with Gasteiger partial charge in [0.15, 0.2) is 0 Å². The second-order valence-electron chi connectivity index (χ2n) is 7.67. The normalized spacial score (nSPS) is 22.5. The molecule has 2 N–H and O–H groups in total. The second-order valence-corrected chi connectivity index (χ2v) is 8.77. The number of carboxylic acid groups (broad SMARTS) is 1. The number of aryl methyl sites for hydroxylation is 1. The Kier molecular flexibility index (Phi) is 7.10. The minimum Gasteiger partial charge on any atom is -0.481 e. The highest BCUT2D eigenvalue weighted by atomic mass is 32.1. The second kappa shape index (κ2) is 9.54. The van der Waals surface area contributed by atoms with Crippen molar-refractivity contribution < 1.29 is 24.2 Å². The lowest BCUT2D eigenvalue weighted by atomic mass is 9.78. The van der Waals surface area contributed by atoms with Crippen LogP contribution in [0.2, 0.25) is 0 Å². The molecule has 3 rings (SSSR count). The highest BCUT2D eigenvalue weighted by molar-refractivity contribution is 7.17. The van der Waals surface area contributed by atoms with Crippen molar-refractivity contribution in [3.05, 3.63) is 16.0 Å². The number of thiophene rings is 1. The summed E-state index contributed by atoms with van der Waals surface area (Å²) < 4.78 is 5.27. The van der Waals surface area contributed by atoms with Crippen molar-refractivity contribution in [3.63, 3.8) is 0 Å². The summed E-state index contributed by atoms with van der Waals surface area (Å²) in [5.41, 5.74) is 1.50. The number of nitrogens with one attached hydrogen (secondary N) is 1. The average Bonchev–Trinajstić information content (AvgIpc) is 2.98. The van der Waals surface area contributed by atoms with Gasteiger partial charge in [-0.2, -0.15) is 0 Å². The lowest BCUT2D eigenvalue weighted by Gasteiger charge is -2.27. The average molecular weight is 408 g/mol.